The van der Waals surface area contributed by atoms with Crippen LogP contribution in [0.3, 0.4) is 0 Å². The first-order chi connectivity index (χ1) is 5.20. The van der Waals surface area contributed by atoms with Gasteiger partial charge >= 0.3 is 5.97 Å². The van der Waals surface area contributed by atoms with E-state index in [-0.39, 0.29) is 5.78 Å². The van der Waals surface area contributed by atoms with E-state index in [9.17, 15) is 9.59 Å². The maximum absolute atomic E-state index is 10.8. The number of carbonyl (C=O) groups excluding carboxylic acids is 2. The third kappa shape index (κ3) is 5.33. The average molecular weight is 156 g/mol. The summed E-state index contributed by atoms with van der Waals surface area (Å²) in [6.07, 6.45) is 3.66. The van der Waals surface area contributed by atoms with Crippen molar-refractivity contribution in [1.82, 2.24) is 0 Å². The van der Waals surface area contributed by atoms with E-state index in [1.807, 2.05) is 6.92 Å². The summed E-state index contributed by atoms with van der Waals surface area (Å²) in [7, 11) is 1.27. The molecular formula is C8H12O3. The fourth-order valence-electron chi connectivity index (χ4n) is 0.559. The highest BCUT2D eigenvalue weighted by Gasteiger charge is 1.95. The Morgan fingerprint density at radius 1 is 1.36 bits per heavy atom. The highest BCUT2D eigenvalue weighted by atomic mass is 16.5. The van der Waals surface area contributed by atoms with E-state index in [0.29, 0.717) is 6.42 Å². The minimum Gasteiger partial charge on any atom is -0.466 e. The van der Waals surface area contributed by atoms with Crippen LogP contribution in [0, 0.1) is 0 Å². The van der Waals surface area contributed by atoms with Gasteiger partial charge in [0.1, 0.15) is 0 Å². The second-order valence-electron chi connectivity index (χ2n) is 2.07. The molecule has 0 saturated carbocycles. The quantitative estimate of drug-likeness (QED) is 0.452. The minimum atomic E-state index is -0.491. The van der Waals surface area contributed by atoms with Gasteiger partial charge < -0.3 is 4.74 Å². The van der Waals surface area contributed by atoms with Gasteiger partial charge in [0.15, 0.2) is 5.78 Å². The van der Waals surface area contributed by atoms with Crippen molar-refractivity contribution in [3.05, 3.63) is 12.2 Å². The highest BCUT2D eigenvalue weighted by Crippen LogP contribution is 1.90. The van der Waals surface area contributed by atoms with Crippen molar-refractivity contribution in [2.24, 2.45) is 0 Å². The van der Waals surface area contributed by atoms with Crippen molar-refractivity contribution in [2.75, 3.05) is 7.11 Å². The lowest BCUT2D eigenvalue weighted by Gasteiger charge is -1.89. The second-order valence-corrected chi connectivity index (χ2v) is 2.07. The Balaban J connectivity index is 3.73. The summed E-state index contributed by atoms with van der Waals surface area (Å²) in [6, 6.07) is 0. The number of rotatable bonds is 4. The first-order valence-corrected chi connectivity index (χ1v) is 3.49. The smallest absolute Gasteiger partial charge is 0.330 e. The van der Waals surface area contributed by atoms with Gasteiger partial charge in [0.2, 0.25) is 0 Å². The van der Waals surface area contributed by atoms with E-state index in [2.05, 4.69) is 4.74 Å². The molecule has 0 spiro atoms. The van der Waals surface area contributed by atoms with Gasteiger partial charge in [-0.3, -0.25) is 4.79 Å². The number of esters is 1. The molecule has 0 aliphatic heterocycles. The fraction of sp³-hybridized carbons (Fsp3) is 0.500. The van der Waals surface area contributed by atoms with E-state index in [1.165, 1.54) is 13.2 Å². The molecule has 0 fully saturated rings. The van der Waals surface area contributed by atoms with Crippen molar-refractivity contribution in [3.63, 3.8) is 0 Å². The van der Waals surface area contributed by atoms with Gasteiger partial charge in [-0.2, -0.15) is 0 Å². The molecule has 0 aliphatic rings. The molecule has 0 N–H and O–H groups in total. The molecular weight excluding hydrogens is 144 g/mol. The van der Waals surface area contributed by atoms with E-state index < -0.39 is 5.97 Å². The number of methoxy groups -OCH3 is 1. The molecule has 11 heavy (non-hydrogen) atoms. The first kappa shape index (κ1) is 9.88. The predicted octanol–water partition coefficient (Wildman–Crippen LogP) is 1.08. The number of ether oxygens (including phenoxy) is 1. The van der Waals surface area contributed by atoms with Crippen LogP contribution in [-0.4, -0.2) is 18.9 Å². The minimum absolute atomic E-state index is 0.0436. The zero-order valence-corrected chi connectivity index (χ0v) is 6.79. The summed E-state index contributed by atoms with van der Waals surface area (Å²) >= 11 is 0. The van der Waals surface area contributed by atoms with Gasteiger partial charge in [-0.1, -0.05) is 6.92 Å². The van der Waals surface area contributed by atoms with Crippen LogP contribution in [0.25, 0.3) is 0 Å². The van der Waals surface area contributed by atoms with Crippen molar-refractivity contribution in [2.45, 2.75) is 19.8 Å². The predicted molar refractivity (Wildman–Crippen MR) is 41.1 cm³/mol. The van der Waals surface area contributed by atoms with Crippen molar-refractivity contribution in [1.29, 1.82) is 0 Å². The average Bonchev–Trinajstić information content (AvgIpc) is 2.01. The maximum atomic E-state index is 10.8. The normalized spacial score (nSPS) is 10.0. The Bertz CT molecular complexity index is 170. The summed E-state index contributed by atoms with van der Waals surface area (Å²) in [5.41, 5.74) is 0. The van der Waals surface area contributed by atoms with Gasteiger partial charge in [0, 0.05) is 12.5 Å². The lowest BCUT2D eigenvalue weighted by Crippen LogP contribution is -1.97. The summed E-state index contributed by atoms with van der Waals surface area (Å²) in [5, 5.41) is 0. The monoisotopic (exact) mass is 156 g/mol. The summed E-state index contributed by atoms with van der Waals surface area (Å²) < 4.78 is 4.30. The van der Waals surface area contributed by atoms with Crippen LogP contribution in [-0.2, 0) is 14.3 Å². The first-order valence-electron chi connectivity index (χ1n) is 3.49. The Morgan fingerprint density at radius 2 is 2.00 bits per heavy atom. The molecule has 0 unspecified atom stereocenters. The highest BCUT2D eigenvalue weighted by molar-refractivity contribution is 5.95. The van der Waals surface area contributed by atoms with Crippen molar-refractivity contribution in [3.8, 4) is 0 Å². The fourth-order valence-corrected chi connectivity index (χ4v) is 0.559. The third-order valence-electron chi connectivity index (χ3n) is 1.10. The summed E-state index contributed by atoms with van der Waals surface area (Å²) in [5.74, 6) is -0.535. The van der Waals surface area contributed by atoms with E-state index in [1.54, 1.807) is 0 Å². The van der Waals surface area contributed by atoms with E-state index >= 15 is 0 Å². The molecule has 3 heteroatoms. The topological polar surface area (TPSA) is 43.4 Å². The number of ketones is 1. The number of hydrogen-bond acceptors (Lipinski definition) is 3. The standard InChI is InChI=1S/C8H12O3/c1-3-4-7(9)5-6-8(10)11-2/h5-6H,3-4H2,1-2H3/b6-5+. The molecule has 0 atom stereocenters. The number of allylic oxidation sites excluding steroid dienone is 1. The van der Waals surface area contributed by atoms with Crippen LogP contribution >= 0.6 is 0 Å². The number of carbonyl (C=O) groups is 2. The van der Waals surface area contributed by atoms with Crippen molar-refractivity contribution >= 4 is 11.8 Å². The number of hydrogen-bond donors (Lipinski definition) is 0. The van der Waals surface area contributed by atoms with Gasteiger partial charge in [0.25, 0.3) is 0 Å². The molecule has 0 saturated heterocycles. The second kappa shape index (κ2) is 5.65. The van der Waals surface area contributed by atoms with E-state index in [0.717, 1.165) is 12.5 Å². The molecule has 62 valence electrons. The van der Waals surface area contributed by atoms with Crippen LogP contribution in [0.1, 0.15) is 19.8 Å². The lowest BCUT2D eigenvalue weighted by atomic mass is 10.2. The molecule has 0 aliphatic carbocycles. The molecule has 0 bridgehead atoms. The van der Waals surface area contributed by atoms with Gasteiger partial charge in [-0.05, 0) is 12.5 Å². The molecule has 0 amide bonds. The molecule has 0 aromatic rings. The zero-order chi connectivity index (χ0) is 8.69. The molecule has 0 aromatic carbocycles. The van der Waals surface area contributed by atoms with Crippen LogP contribution in [0.15, 0.2) is 12.2 Å². The molecule has 3 nitrogen and oxygen atoms in total. The van der Waals surface area contributed by atoms with E-state index in [4.69, 9.17) is 0 Å². The zero-order valence-electron chi connectivity index (χ0n) is 6.79. The van der Waals surface area contributed by atoms with Crippen LogP contribution in [0.4, 0.5) is 0 Å². The SMILES string of the molecule is CCCC(=O)/C=C/C(=O)OC. The van der Waals surface area contributed by atoms with Crippen molar-refractivity contribution < 1.29 is 14.3 Å². The molecule has 0 aromatic heterocycles. The van der Waals surface area contributed by atoms with Crippen LogP contribution < -0.4 is 0 Å². The third-order valence-corrected chi connectivity index (χ3v) is 1.10. The Kier molecular flexibility index (Phi) is 5.07. The van der Waals surface area contributed by atoms with Gasteiger partial charge in [-0.15, -0.1) is 0 Å². The molecule has 0 rings (SSSR count). The van der Waals surface area contributed by atoms with Gasteiger partial charge in [-0.25, -0.2) is 4.79 Å². The molecule has 0 heterocycles. The Morgan fingerprint density at radius 3 is 2.45 bits per heavy atom. The maximum Gasteiger partial charge on any atom is 0.330 e. The summed E-state index contributed by atoms with van der Waals surface area (Å²) in [6.45, 7) is 1.91. The largest absolute Gasteiger partial charge is 0.466 e. The van der Waals surface area contributed by atoms with Crippen LogP contribution in [0.2, 0.25) is 0 Å². The molecule has 0 radical (unpaired) electrons. The van der Waals surface area contributed by atoms with Gasteiger partial charge in [0.05, 0.1) is 7.11 Å². The summed E-state index contributed by atoms with van der Waals surface area (Å²) in [4.78, 5) is 21.2. The Labute approximate surface area is 66.0 Å². The lowest BCUT2D eigenvalue weighted by molar-refractivity contribution is -0.135. The Hall–Kier alpha value is -1.12. The van der Waals surface area contributed by atoms with Crippen LogP contribution in [0.5, 0.6) is 0 Å².